The highest BCUT2D eigenvalue weighted by atomic mass is 16.5. The lowest BCUT2D eigenvalue weighted by Gasteiger charge is -2.16. The number of carboxylic acid groups (broad SMARTS) is 1. The minimum atomic E-state index is -0.688. The average molecular weight is 291 g/mol. The van der Waals surface area contributed by atoms with Crippen LogP contribution in [0.5, 0.6) is 5.75 Å². The summed E-state index contributed by atoms with van der Waals surface area (Å²) in [4.78, 5) is 13.0. The highest BCUT2D eigenvalue weighted by Gasteiger charge is 2.22. The van der Waals surface area contributed by atoms with Crippen molar-refractivity contribution in [1.29, 1.82) is 0 Å². The third-order valence-corrected chi connectivity index (χ3v) is 4.01. The summed E-state index contributed by atoms with van der Waals surface area (Å²) in [5.74, 6) is 0.781. The predicted octanol–water partition coefficient (Wildman–Crippen LogP) is 2.87. The second-order valence-electron chi connectivity index (χ2n) is 6.06. The SMILES string of the molecule is Cc1cc(C)cc(OCCN2CCC(CCC(=O)O)C2)c1. The first kappa shape index (κ1) is 15.8. The van der Waals surface area contributed by atoms with Gasteiger partial charge in [-0.25, -0.2) is 0 Å². The lowest BCUT2D eigenvalue weighted by Crippen LogP contribution is -2.26. The maximum atomic E-state index is 10.6. The maximum absolute atomic E-state index is 10.6. The largest absolute Gasteiger partial charge is 0.492 e. The Morgan fingerprint density at radius 2 is 2.05 bits per heavy atom. The lowest BCUT2D eigenvalue weighted by molar-refractivity contribution is -0.137. The normalized spacial score (nSPS) is 18.9. The van der Waals surface area contributed by atoms with E-state index in [2.05, 4.69) is 36.9 Å². The summed E-state index contributed by atoms with van der Waals surface area (Å²) in [6, 6.07) is 6.26. The third kappa shape index (κ3) is 5.38. The number of ether oxygens (including phenoxy) is 1. The van der Waals surface area contributed by atoms with E-state index in [1.54, 1.807) is 0 Å². The van der Waals surface area contributed by atoms with Gasteiger partial charge in [0.2, 0.25) is 0 Å². The van der Waals surface area contributed by atoms with E-state index in [1.807, 2.05) is 0 Å². The van der Waals surface area contributed by atoms with E-state index in [0.29, 0.717) is 12.5 Å². The van der Waals surface area contributed by atoms with Crippen molar-refractivity contribution in [3.63, 3.8) is 0 Å². The van der Waals surface area contributed by atoms with E-state index >= 15 is 0 Å². The molecule has 116 valence electrons. The molecule has 0 bridgehead atoms. The van der Waals surface area contributed by atoms with Crippen LogP contribution in [0.25, 0.3) is 0 Å². The minimum absolute atomic E-state index is 0.289. The monoisotopic (exact) mass is 291 g/mol. The highest BCUT2D eigenvalue weighted by Crippen LogP contribution is 2.21. The maximum Gasteiger partial charge on any atom is 0.303 e. The molecule has 1 aromatic carbocycles. The Morgan fingerprint density at radius 1 is 1.33 bits per heavy atom. The van der Waals surface area contributed by atoms with Gasteiger partial charge in [0.25, 0.3) is 0 Å². The smallest absolute Gasteiger partial charge is 0.303 e. The second-order valence-corrected chi connectivity index (χ2v) is 6.06. The van der Waals surface area contributed by atoms with Gasteiger partial charge in [0, 0.05) is 19.5 Å². The summed E-state index contributed by atoms with van der Waals surface area (Å²) in [5.41, 5.74) is 2.44. The van der Waals surface area contributed by atoms with Crippen LogP contribution < -0.4 is 4.74 Å². The molecule has 1 unspecified atom stereocenters. The van der Waals surface area contributed by atoms with E-state index in [4.69, 9.17) is 9.84 Å². The van der Waals surface area contributed by atoms with Crippen LogP contribution in [0.3, 0.4) is 0 Å². The van der Waals surface area contributed by atoms with Gasteiger partial charge in [-0.3, -0.25) is 9.69 Å². The van der Waals surface area contributed by atoms with Crippen molar-refractivity contribution in [2.45, 2.75) is 33.1 Å². The van der Waals surface area contributed by atoms with Crippen molar-refractivity contribution in [3.8, 4) is 5.75 Å². The molecule has 0 spiro atoms. The van der Waals surface area contributed by atoms with Crippen LogP contribution >= 0.6 is 0 Å². The zero-order valence-electron chi connectivity index (χ0n) is 13.0. The summed E-state index contributed by atoms with van der Waals surface area (Å²) < 4.78 is 5.83. The van der Waals surface area contributed by atoms with Gasteiger partial charge in [-0.1, -0.05) is 6.07 Å². The first-order chi connectivity index (χ1) is 10.0. The number of likely N-dealkylation sites (tertiary alicyclic amines) is 1. The molecule has 1 fully saturated rings. The van der Waals surface area contributed by atoms with Crippen LogP contribution in [-0.4, -0.2) is 42.2 Å². The average Bonchev–Trinajstić information content (AvgIpc) is 2.83. The van der Waals surface area contributed by atoms with E-state index in [1.165, 1.54) is 11.1 Å². The minimum Gasteiger partial charge on any atom is -0.492 e. The summed E-state index contributed by atoms with van der Waals surface area (Å²) in [6.07, 6.45) is 2.19. The van der Waals surface area contributed by atoms with Gasteiger partial charge in [-0.15, -0.1) is 0 Å². The van der Waals surface area contributed by atoms with Crippen molar-refractivity contribution in [3.05, 3.63) is 29.3 Å². The molecule has 1 saturated heterocycles. The molecule has 0 amide bonds. The van der Waals surface area contributed by atoms with Crippen molar-refractivity contribution >= 4 is 5.97 Å². The Morgan fingerprint density at radius 3 is 2.71 bits per heavy atom. The molecule has 2 rings (SSSR count). The topological polar surface area (TPSA) is 49.8 Å². The summed E-state index contributed by atoms with van der Waals surface area (Å²) in [7, 11) is 0. The molecule has 1 N–H and O–H groups in total. The number of carboxylic acids is 1. The van der Waals surface area contributed by atoms with Gasteiger partial charge < -0.3 is 9.84 Å². The number of nitrogens with zero attached hydrogens (tertiary/aromatic N) is 1. The van der Waals surface area contributed by atoms with Gasteiger partial charge in [0.05, 0.1) is 0 Å². The molecule has 4 heteroatoms. The van der Waals surface area contributed by atoms with Gasteiger partial charge in [-0.05, 0) is 62.4 Å². The Kier molecular flexibility index (Phi) is 5.62. The molecule has 0 saturated carbocycles. The molecule has 1 aliphatic rings. The zero-order chi connectivity index (χ0) is 15.2. The van der Waals surface area contributed by atoms with Crippen LogP contribution in [0.15, 0.2) is 18.2 Å². The Bertz CT molecular complexity index is 467. The standard InChI is InChI=1S/C17H25NO3/c1-13-9-14(2)11-16(10-13)21-8-7-18-6-5-15(12-18)3-4-17(19)20/h9-11,15H,3-8,12H2,1-2H3,(H,19,20). The molecule has 1 heterocycles. The van der Waals surface area contributed by atoms with E-state index in [0.717, 1.165) is 38.2 Å². The van der Waals surface area contributed by atoms with Crippen molar-refractivity contribution in [1.82, 2.24) is 4.90 Å². The predicted molar refractivity (Wildman–Crippen MR) is 82.8 cm³/mol. The fourth-order valence-electron chi connectivity index (χ4n) is 2.99. The van der Waals surface area contributed by atoms with E-state index in [9.17, 15) is 4.79 Å². The molecule has 0 aliphatic carbocycles. The lowest BCUT2D eigenvalue weighted by atomic mass is 10.0. The summed E-state index contributed by atoms with van der Waals surface area (Å²) in [6.45, 7) is 7.82. The van der Waals surface area contributed by atoms with Crippen LogP contribution in [0.1, 0.15) is 30.4 Å². The zero-order valence-corrected chi connectivity index (χ0v) is 13.0. The molecule has 1 aliphatic heterocycles. The summed E-state index contributed by atoms with van der Waals surface area (Å²) in [5, 5.41) is 8.72. The van der Waals surface area contributed by atoms with Crippen LogP contribution in [0, 0.1) is 19.8 Å². The fourth-order valence-corrected chi connectivity index (χ4v) is 2.99. The van der Waals surface area contributed by atoms with Crippen molar-refractivity contribution in [2.24, 2.45) is 5.92 Å². The number of benzene rings is 1. The highest BCUT2D eigenvalue weighted by molar-refractivity contribution is 5.66. The quantitative estimate of drug-likeness (QED) is 0.839. The van der Waals surface area contributed by atoms with Crippen LogP contribution in [0.2, 0.25) is 0 Å². The molecule has 4 nitrogen and oxygen atoms in total. The Balaban J connectivity index is 1.68. The Labute approximate surface area is 126 Å². The second kappa shape index (κ2) is 7.46. The van der Waals surface area contributed by atoms with Crippen LogP contribution in [0.4, 0.5) is 0 Å². The molecule has 0 radical (unpaired) electrons. The summed E-state index contributed by atoms with van der Waals surface area (Å²) >= 11 is 0. The molecular weight excluding hydrogens is 266 g/mol. The molecular formula is C17H25NO3. The number of rotatable bonds is 7. The third-order valence-electron chi connectivity index (χ3n) is 4.01. The molecule has 21 heavy (non-hydrogen) atoms. The van der Waals surface area contributed by atoms with Crippen molar-refractivity contribution in [2.75, 3.05) is 26.2 Å². The number of hydrogen-bond donors (Lipinski definition) is 1. The first-order valence-electron chi connectivity index (χ1n) is 7.68. The van der Waals surface area contributed by atoms with Crippen molar-refractivity contribution < 1.29 is 14.6 Å². The van der Waals surface area contributed by atoms with Gasteiger partial charge in [-0.2, -0.15) is 0 Å². The Hall–Kier alpha value is -1.55. The molecule has 1 aromatic rings. The van der Waals surface area contributed by atoms with E-state index in [-0.39, 0.29) is 6.42 Å². The number of aryl methyl sites for hydroxylation is 2. The fraction of sp³-hybridized carbons (Fsp3) is 0.588. The number of hydrogen-bond acceptors (Lipinski definition) is 3. The van der Waals surface area contributed by atoms with Gasteiger partial charge in [0.1, 0.15) is 12.4 Å². The molecule has 0 aromatic heterocycles. The van der Waals surface area contributed by atoms with Gasteiger partial charge >= 0.3 is 5.97 Å². The van der Waals surface area contributed by atoms with E-state index < -0.39 is 5.97 Å². The number of carbonyl (C=O) groups is 1. The number of aliphatic carboxylic acids is 1. The van der Waals surface area contributed by atoms with Crippen LogP contribution in [-0.2, 0) is 4.79 Å². The molecule has 1 atom stereocenters. The van der Waals surface area contributed by atoms with Gasteiger partial charge in [0.15, 0.2) is 0 Å². The first-order valence-corrected chi connectivity index (χ1v) is 7.68.